The number of hydrogen-bond acceptors (Lipinski definition) is 5. The van der Waals surface area contributed by atoms with E-state index in [9.17, 15) is 0 Å². The first-order chi connectivity index (χ1) is 13.6. The van der Waals surface area contributed by atoms with E-state index < -0.39 is 0 Å². The van der Waals surface area contributed by atoms with E-state index in [1.165, 1.54) is 5.82 Å². The molecule has 0 atom stereocenters. The van der Waals surface area contributed by atoms with Crippen molar-refractivity contribution in [3.63, 3.8) is 0 Å². The molecule has 3 N–H and O–H groups in total. The van der Waals surface area contributed by atoms with Crippen molar-refractivity contribution in [3.8, 4) is 0 Å². The Morgan fingerprint density at radius 3 is 2.68 bits per heavy atom. The number of aromatic nitrogens is 2. The molecular weight excluding hydrogens is 390 g/mol. The van der Waals surface area contributed by atoms with Gasteiger partial charge in [0.2, 0.25) is 0 Å². The lowest BCUT2D eigenvalue weighted by molar-refractivity contribution is 0.501. The number of nitrogens with zero attached hydrogens (tertiary/aromatic N) is 2. The molecule has 0 fully saturated rings. The van der Waals surface area contributed by atoms with Gasteiger partial charge in [0.1, 0.15) is 17.3 Å². The van der Waals surface area contributed by atoms with Gasteiger partial charge in [0.05, 0.1) is 5.75 Å². The predicted molar refractivity (Wildman–Crippen MR) is 124 cm³/mol. The Balaban J connectivity index is 0.00000122. The summed E-state index contributed by atoms with van der Waals surface area (Å²) in [5.41, 5.74) is 0. The Morgan fingerprint density at radius 2 is 2.00 bits per heavy atom. The van der Waals surface area contributed by atoms with Crippen LogP contribution >= 0.6 is 24.0 Å². The number of furan rings is 1. The standard InChI is InChI=1S/C18H28N4OS2.C2H7N/c1-3-5-17-19-9-12-22(17)11-4-8-20-18(24)21-10-13-25-14-16-7-6-15(2)23-16;1-3-2/h6-7,9,12H,3-5,8,10-11,13-14H2,1-2H3,(H2,20,21,24);3H,1-2H3. The second kappa shape index (κ2) is 15.4. The van der Waals surface area contributed by atoms with E-state index in [2.05, 4.69) is 38.6 Å². The molecule has 0 aliphatic carbocycles. The third kappa shape index (κ3) is 10.7. The number of thiocarbonyl (C=S) groups is 1. The Morgan fingerprint density at radius 1 is 1.25 bits per heavy atom. The zero-order chi connectivity index (χ0) is 20.6. The summed E-state index contributed by atoms with van der Waals surface area (Å²) in [6.45, 7) is 6.85. The Bertz CT molecular complexity index is 657. The lowest BCUT2D eigenvalue weighted by atomic mass is 10.3. The lowest BCUT2D eigenvalue weighted by Gasteiger charge is -2.11. The van der Waals surface area contributed by atoms with Gasteiger partial charge in [-0.2, -0.15) is 11.8 Å². The van der Waals surface area contributed by atoms with Gasteiger partial charge in [-0.1, -0.05) is 6.92 Å². The minimum atomic E-state index is 0.730. The van der Waals surface area contributed by atoms with Gasteiger partial charge in [0.15, 0.2) is 5.11 Å². The SMILES string of the molecule is CCCc1nccn1CCCNC(=S)NCCSCc1ccc(C)o1.CNC. The van der Waals surface area contributed by atoms with Crippen LogP contribution in [0.5, 0.6) is 0 Å². The van der Waals surface area contributed by atoms with Crippen molar-refractivity contribution in [3.05, 3.63) is 41.9 Å². The van der Waals surface area contributed by atoms with Crippen LogP contribution in [-0.2, 0) is 18.7 Å². The Kier molecular flexibility index (Phi) is 13.5. The maximum absolute atomic E-state index is 5.55. The normalized spacial score (nSPS) is 10.3. The third-order valence-corrected chi connectivity index (χ3v) is 4.98. The summed E-state index contributed by atoms with van der Waals surface area (Å²) in [6, 6.07) is 4.04. The van der Waals surface area contributed by atoms with Crippen molar-refractivity contribution < 1.29 is 4.42 Å². The van der Waals surface area contributed by atoms with E-state index >= 15 is 0 Å². The fraction of sp³-hybridized carbons (Fsp3) is 0.600. The molecule has 2 rings (SSSR count). The minimum absolute atomic E-state index is 0.730. The van der Waals surface area contributed by atoms with Crippen LogP contribution in [0.2, 0.25) is 0 Å². The molecule has 158 valence electrons. The van der Waals surface area contributed by atoms with Crippen LogP contribution in [0.1, 0.15) is 37.1 Å². The average molecular weight is 426 g/mol. The summed E-state index contributed by atoms with van der Waals surface area (Å²) in [7, 11) is 3.75. The van der Waals surface area contributed by atoms with Crippen LogP contribution in [-0.4, -0.2) is 47.6 Å². The summed E-state index contributed by atoms with van der Waals surface area (Å²) >= 11 is 7.15. The predicted octanol–water partition coefficient (Wildman–Crippen LogP) is 3.36. The maximum Gasteiger partial charge on any atom is 0.166 e. The fourth-order valence-corrected chi connectivity index (χ4v) is 3.43. The molecule has 2 aromatic heterocycles. The topological polar surface area (TPSA) is 67.0 Å². The summed E-state index contributed by atoms with van der Waals surface area (Å²) in [6.07, 6.45) is 7.13. The fourth-order valence-electron chi connectivity index (χ4n) is 2.48. The Hall–Kier alpha value is -1.51. The highest BCUT2D eigenvalue weighted by Crippen LogP contribution is 2.14. The molecule has 0 saturated heterocycles. The second-order valence-electron chi connectivity index (χ2n) is 6.39. The number of nitrogens with one attached hydrogen (secondary N) is 3. The minimum Gasteiger partial charge on any atom is -0.466 e. The van der Waals surface area contributed by atoms with E-state index in [0.29, 0.717) is 0 Å². The Labute approximate surface area is 179 Å². The van der Waals surface area contributed by atoms with E-state index in [1.807, 2.05) is 51.1 Å². The molecule has 28 heavy (non-hydrogen) atoms. The number of rotatable bonds is 11. The molecule has 0 aliphatic heterocycles. The quantitative estimate of drug-likeness (QED) is 0.377. The van der Waals surface area contributed by atoms with Crippen LogP contribution in [0.15, 0.2) is 28.9 Å². The van der Waals surface area contributed by atoms with Crippen molar-refractivity contribution in [2.75, 3.05) is 32.9 Å². The highest BCUT2D eigenvalue weighted by Gasteiger charge is 2.02. The van der Waals surface area contributed by atoms with E-state index in [0.717, 1.165) is 67.0 Å². The summed E-state index contributed by atoms with van der Waals surface area (Å²) in [5.74, 6) is 5.08. The summed E-state index contributed by atoms with van der Waals surface area (Å²) in [4.78, 5) is 4.40. The number of hydrogen-bond donors (Lipinski definition) is 3. The van der Waals surface area contributed by atoms with Gasteiger partial charge in [-0.15, -0.1) is 0 Å². The van der Waals surface area contributed by atoms with Gasteiger partial charge < -0.3 is 24.9 Å². The van der Waals surface area contributed by atoms with Gasteiger partial charge >= 0.3 is 0 Å². The van der Waals surface area contributed by atoms with Crippen LogP contribution in [0.3, 0.4) is 0 Å². The van der Waals surface area contributed by atoms with Crippen LogP contribution in [0.25, 0.3) is 0 Å². The molecular formula is C20H35N5OS2. The monoisotopic (exact) mass is 425 g/mol. The van der Waals surface area contributed by atoms with E-state index in [4.69, 9.17) is 16.6 Å². The van der Waals surface area contributed by atoms with Crippen LogP contribution < -0.4 is 16.0 Å². The van der Waals surface area contributed by atoms with Gasteiger partial charge in [-0.3, -0.25) is 0 Å². The molecule has 2 aromatic rings. The summed E-state index contributed by atoms with van der Waals surface area (Å²) < 4.78 is 7.78. The van der Waals surface area contributed by atoms with Crippen molar-refractivity contribution in [1.29, 1.82) is 0 Å². The zero-order valence-electron chi connectivity index (χ0n) is 17.6. The molecule has 0 aromatic carbocycles. The molecule has 2 heterocycles. The molecule has 0 spiro atoms. The number of thioether (sulfide) groups is 1. The number of aryl methyl sites for hydroxylation is 3. The first kappa shape index (κ1) is 24.5. The van der Waals surface area contributed by atoms with Gasteiger partial charge in [0, 0.05) is 44.2 Å². The van der Waals surface area contributed by atoms with Crippen LogP contribution in [0.4, 0.5) is 0 Å². The third-order valence-electron chi connectivity index (χ3n) is 3.71. The second-order valence-corrected chi connectivity index (χ2v) is 7.90. The van der Waals surface area contributed by atoms with Crippen molar-refractivity contribution in [1.82, 2.24) is 25.5 Å². The first-order valence-electron chi connectivity index (χ1n) is 9.83. The smallest absolute Gasteiger partial charge is 0.166 e. The summed E-state index contributed by atoms with van der Waals surface area (Å²) in [5, 5.41) is 10.00. The highest BCUT2D eigenvalue weighted by molar-refractivity contribution is 7.98. The molecule has 0 amide bonds. The molecule has 8 heteroatoms. The van der Waals surface area contributed by atoms with Crippen molar-refractivity contribution >= 4 is 29.1 Å². The van der Waals surface area contributed by atoms with Gasteiger partial charge in [-0.05, 0) is 58.2 Å². The lowest BCUT2D eigenvalue weighted by Crippen LogP contribution is -2.37. The average Bonchev–Trinajstić information content (AvgIpc) is 3.28. The highest BCUT2D eigenvalue weighted by atomic mass is 32.2. The zero-order valence-corrected chi connectivity index (χ0v) is 19.2. The van der Waals surface area contributed by atoms with Crippen LogP contribution in [0, 0.1) is 6.92 Å². The molecule has 0 saturated carbocycles. The van der Waals surface area contributed by atoms with Crippen molar-refractivity contribution in [2.24, 2.45) is 0 Å². The molecule has 0 aliphatic rings. The van der Waals surface area contributed by atoms with E-state index in [1.54, 1.807) is 0 Å². The molecule has 0 bridgehead atoms. The largest absolute Gasteiger partial charge is 0.466 e. The molecule has 0 radical (unpaired) electrons. The maximum atomic E-state index is 5.55. The van der Waals surface area contributed by atoms with Gasteiger partial charge in [-0.25, -0.2) is 4.98 Å². The first-order valence-corrected chi connectivity index (χ1v) is 11.4. The molecule has 0 unspecified atom stereocenters. The van der Waals surface area contributed by atoms with E-state index in [-0.39, 0.29) is 0 Å². The van der Waals surface area contributed by atoms with Gasteiger partial charge in [0.25, 0.3) is 0 Å². The number of imidazole rings is 1. The van der Waals surface area contributed by atoms with Crippen molar-refractivity contribution in [2.45, 2.75) is 45.4 Å². The molecule has 6 nitrogen and oxygen atoms in total.